The molecule has 0 aliphatic carbocycles. The first kappa shape index (κ1) is 13.8. The van der Waals surface area contributed by atoms with Crippen molar-refractivity contribution in [1.29, 1.82) is 0 Å². The van der Waals surface area contributed by atoms with Crippen molar-refractivity contribution in [2.45, 2.75) is 44.3 Å². The van der Waals surface area contributed by atoms with E-state index in [1.807, 2.05) is 18.3 Å². The molecule has 3 heterocycles. The van der Waals surface area contributed by atoms with Gasteiger partial charge in [-0.1, -0.05) is 6.07 Å². The largest absolute Gasteiger partial charge is 0.376 e. The smallest absolute Gasteiger partial charge is 0.128 e. The predicted molar refractivity (Wildman–Crippen MR) is 79.0 cm³/mol. The van der Waals surface area contributed by atoms with Crippen LogP contribution in [0.4, 0.5) is 5.82 Å². The minimum atomic E-state index is 0.331. The number of rotatable bonds is 4. The van der Waals surface area contributed by atoms with Gasteiger partial charge in [-0.2, -0.15) is 0 Å². The SMILES string of the molecule is c1ccc(N2CCC(OC[C@@H]3CCCCO3)CC2)nc1. The predicted octanol–water partition coefficient (Wildman–Crippen LogP) is 2.64. The van der Waals surface area contributed by atoms with E-state index in [-0.39, 0.29) is 0 Å². The van der Waals surface area contributed by atoms with Crippen molar-refractivity contribution < 1.29 is 9.47 Å². The Hall–Kier alpha value is -1.13. The lowest BCUT2D eigenvalue weighted by Gasteiger charge is -2.33. The lowest BCUT2D eigenvalue weighted by atomic mass is 10.1. The molecule has 3 rings (SSSR count). The fourth-order valence-electron chi connectivity index (χ4n) is 2.97. The Morgan fingerprint density at radius 2 is 2.10 bits per heavy atom. The van der Waals surface area contributed by atoms with Gasteiger partial charge < -0.3 is 14.4 Å². The third kappa shape index (κ3) is 3.70. The normalized spacial score (nSPS) is 24.8. The van der Waals surface area contributed by atoms with Crippen LogP contribution in [-0.2, 0) is 9.47 Å². The van der Waals surface area contributed by atoms with Crippen molar-refractivity contribution in [3.05, 3.63) is 24.4 Å². The van der Waals surface area contributed by atoms with Gasteiger partial charge in [-0.25, -0.2) is 4.98 Å². The fourth-order valence-corrected chi connectivity index (χ4v) is 2.97. The maximum Gasteiger partial charge on any atom is 0.128 e. The Bertz CT molecular complexity index is 385. The molecule has 0 unspecified atom stereocenters. The number of aromatic nitrogens is 1. The highest BCUT2D eigenvalue weighted by Gasteiger charge is 2.22. The number of piperidine rings is 1. The molecule has 0 spiro atoms. The van der Waals surface area contributed by atoms with E-state index < -0.39 is 0 Å². The van der Waals surface area contributed by atoms with Crippen molar-refractivity contribution in [1.82, 2.24) is 4.98 Å². The number of nitrogens with zero attached hydrogens (tertiary/aromatic N) is 2. The molecule has 1 aromatic heterocycles. The number of anilines is 1. The molecule has 4 heteroatoms. The maximum absolute atomic E-state index is 6.03. The van der Waals surface area contributed by atoms with Crippen LogP contribution in [0.2, 0.25) is 0 Å². The second-order valence-corrected chi connectivity index (χ2v) is 5.70. The van der Waals surface area contributed by atoms with Crippen LogP contribution in [0, 0.1) is 0 Å². The zero-order chi connectivity index (χ0) is 13.6. The summed E-state index contributed by atoms with van der Waals surface area (Å²) in [5.41, 5.74) is 0. The highest BCUT2D eigenvalue weighted by Crippen LogP contribution is 2.20. The second kappa shape index (κ2) is 7.04. The minimum absolute atomic E-state index is 0.331. The van der Waals surface area contributed by atoms with Gasteiger partial charge in [0.1, 0.15) is 5.82 Å². The van der Waals surface area contributed by atoms with Gasteiger partial charge in [0.15, 0.2) is 0 Å². The molecule has 2 aliphatic rings. The van der Waals surface area contributed by atoms with E-state index in [1.54, 1.807) is 0 Å². The highest BCUT2D eigenvalue weighted by atomic mass is 16.5. The number of hydrogen-bond donors (Lipinski definition) is 0. The van der Waals surface area contributed by atoms with Gasteiger partial charge in [-0.05, 0) is 44.2 Å². The van der Waals surface area contributed by atoms with Crippen LogP contribution in [0.1, 0.15) is 32.1 Å². The van der Waals surface area contributed by atoms with E-state index in [0.717, 1.165) is 51.4 Å². The molecular weight excluding hydrogens is 252 g/mol. The molecule has 0 saturated carbocycles. The average Bonchev–Trinajstić information content (AvgIpc) is 2.55. The molecule has 0 bridgehead atoms. The first-order valence-corrected chi connectivity index (χ1v) is 7.81. The van der Waals surface area contributed by atoms with Crippen molar-refractivity contribution >= 4 is 5.82 Å². The zero-order valence-electron chi connectivity index (χ0n) is 12.0. The van der Waals surface area contributed by atoms with Crippen LogP contribution < -0.4 is 4.90 Å². The minimum Gasteiger partial charge on any atom is -0.376 e. The summed E-state index contributed by atoms with van der Waals surface area (Å²) in [6.45, 7) is 3.75. The molecule has 2 aliphatic heterocycles. The van der Waals surface area contributed by atoms with E-state index in [0.29, 0.717) is 12.2 Å². The van der Waals surface area contributed by atoms with Gasteiger partial charge in [0.2, 0.25) is 0 Å². The lowest BCUT2D eigenvalue weighted by Crippen LogP contribution is -2.38. The third-order valence-corrected chi connectivity index (χ3v) is 4.21. The van der Waals surface area contributed by atoms with Crippen LogP contribution in [0.25, 0.3) is 0 Å². The Balaban J connectivity index is 1.40. The number of hydrogen-bond acceptors (Lipinski definition) is 4. The van der Waals surface area contributed by atoms with Crippen LogP contribution in [-0.4, -0.2) is 43.5 Å². The standard InChI is InChI=1S/C16H24N2O2/c1-3-9-17-16(6-1)18-10-7-14(8-11-18)20-13-15-5-2-4-12-19-15/h1,3,6,9,14-15H,2,4-5,7-8,10-13H2/t15-/m0/s1. The van der Waals surface area contributed by atoms with Crippen LogP contribution in [0.15, 0.2) is 24.4 Å². The van der Waals surface area contributed by atoms with E-state index in [1.165, 1.54) is 12.8 Å². The van der Waals surface area contributed by atoms with E-state index in [9.17, 15) is 0 Å². The van der Waals surface area contributed by atoms with Gasteiger partial charge >= 0.3 is 0 Å². The molecule has 0 N–H and O–H groups in total. The second-order valence-electron chi connectivity index (χ2n) is 5.70. The van der Waals surface area contributed by atoms with Crippen LogP contribution >= 0.6 is 0 Å². The summed E-state index contributed by atoms with van der Waals surface area (Å²) in [5.74, 6) is 1.08. The summed E-state index contributed by atoms with van der Waals surface area (Å²) in [6, 6.07) is 6.09. The number of pyridine rings is 1. The quantitative estimate of drug-likeness (QED) is 0.847. The molecule has 20 heavy (non-hydrogen) atoms. The summed E-state index contributed by atoms with van der Waals surface area (Å²) in [7, 11) is 0. The molecular formula is C16H24N2O2. The maximum atomic E-state index is 6.03. The fraction of sp³-hybridized carbons (Fsp3) is 0.688. The lowest BCUT2D eigenvalue weighted by molar-refractivity contribution is -0.0672. The highest BCUT2D eigenvalue weighted by molar-refractivity contribution is 5.37. The topological polar surface area (TPSA) is 34.6 Å². The zero-order valence-corrected chi connectivity index (χ0v) is 12.0. The Kier molecular flexibility index (Phi) is 4.87. The summed E-state index contributed by atoms with van der Waals surface area (Å²) < 4.78 is 11.7. The summed E-state index contributed by atoms with van der Waals surface area (Å²) >= 11 is 0. The van der Waals surface area contributed by atoms with Crippen molar-refractivity contribution in [3.63, 3.8) is 0 Å². The first-order valence-electron chi connectivity index (χ1n) is 7.81. The van der Waals surface area contributed by atoms with Crippen LogP contribution in [0.3, 0.4) is 0 Å². The molecule has 1 atom stereocenters. The van der Waals surface area contributed by atoms with Crippen LogP contribution in [0.5, 0.6) is 0 Å². The summed E-state index contributed by atoms with van der Waals surface area (Å²) in [4.78, 5) is 6.76. The first-order chi connectivity index (χ1) is 9.92. The van der Waals surface area contributed by atoms with Crippen molar-refractivity contribution in [2.75, 3.05) is 31.2 Å². The third-order valence-electron chi connectivity index (χ3n) is 4.21. The molecule has 2 fully saturated rings. The van der Waals surface area contributed by atoms with Gasteiger partial charge in [-0.3, -0.25) is 0 Å². The Morgan fingerprint density at radius 3 is 2.80 bits per heavy atom. The monoisotopic (exact) mass is 276 g/mol. The van der Waals surface area contributed by atoms with Gasteiger partial charge in [0.05, 0.1) is 18.8 Å². The average molecular weight is 276 g/mol. The van der Waals surface area contributed by atoms with Crippen molar-refractivity contribution in [2.24, 2.45) is 0 Å². The summed E-state index contributed by atoms with van der Waals surface area (Å²) in [5, 5.41) is 0. The molecule has 4 nitrogen and oxygen atoms in total. The van der Waals surface area contributed by atoms with E-state index in [4.69, 9.17) is 9.47 Å². The Morgan fingerprint density at radius 1 is 1.20 bits per heavy atom. The van der Waals surface area contributed by atoms with Gasteiger partial charge in [-0.15, -0.1) is 0 Å². The molecule has 2 saturated heterocycles. The number of ether oxygens (including phenoxy) is 2. The Labute approximate surface area is 121 Å². The molecule has 0 aromatic carbocycles. The van der Waals surface area contributed by atoms with E-state index in [2.05, 4.69) is 16.0 Å². The van der Waals surface area contributed by atoms with Gasteiger partial charge in [0, 0.05) is 25.9 Å². The van der Waals surface area contributed by atoms with Gasteiger partial charge in [0.25, 0.3) is 0 Å². The molecule has 110 valence electrons. The molecule has 1 aromatic rings. The van der Waals surface area contributed by atoms with E-state index >= 15 is 0 Å². The molecule has 0 radical (unpaired) electrons. The molecule has 0 amide bonds. The summed E-state index contributed by atoms with van der Waals surface area (Å²) in [6.07, 6.45) is 8.40. The van der Waals surface area contributed by atoms with Crippen molar-refractivity contribution in [3.8, 4) is 0 Å².